The van der Waals surface area contributed by atoms with Gasteiger partial charge in [-0.3, -0.25) is 9.59 Å². The molecule has 2 heterocycles. The molecular weight excluding hydrogens is 324 g/mol. The number of para-hydroxylation sites is 1. The Morgan fingerprint density at radius 1 is 1.28 bits per heavy atom. The minimum absolute atomic E-state index is 0.00145. The van der Waals surface area contributed by atoms with E-state index in [2.05, 4.69) is 5.32 Å². The number of carbonyl (C=O) groups is 2. The van der Waals surface area contributed by atoms with Gasteiger partial charge >= 0.3 is 0 Å². The van der Waals surface area contributed by atoms with E-state index in [1.54, 1.807) is 24.3 Å². The van der Waals surface area contributed by atoms with Gasteiger partial charge in [0.15, 0.2) is 0 Å². The highest BCUT2D eigenvalue weighted by Gasteiger charge is 2.35. The van der Waals surface area contributed by atoms with Crippen LogP contribution >= 0.6 is 0 Å². The lowest BCUT2D eigenvalue weighted by Gasteiger charge is -2.24. The second kappa shape index (κ2) is 7.40. The Kier molecular flexibility index (Phi) is 5.04. The molecule has 2 aromatic rings. The Morgan fingerprint density at radius 3 is 2.80 bits per heavy atom. The van der Waals surface area contributed by atoms with E-state index in [0.29, 0.717) is 25.1 Å². The van der Waals surface area contributed by atoms with Crippen molar-refractivity contribution < 1.29 is 24.2 Å². The van der Waals surface area contributed by atoms with Crippen LogP contribution in [0.15, 0.2) is 47.1 Å². The molecule has 25 heavy (non-hydrogen) atoms. The van der Waals surface area contributed by atoms with Crippen LogP contribution in [0.3, 0.4) is 0 Å². The third kappa shape index (κ3) is 3.66. The lowest BCUT2D eigenvalue weighted by Crippen LogP contribution is -2.46. The predicted molar refractivity (Wildman–Crippen MR) is 88.8 cm³/mol. The van der Waals surface area contributed by atoms with Gasteiger partial charge in [0.05, 0.1) is 18.4 Å². The summed E-state index contributed by atoms with van der Waals surface area (Å²) in [6.07, 6.45) is 1.76. The lowest BCUT2D eigenvalue weighted by molar-refractivity contribution is -0.125. The Labute approximate surface area is 144 Å². The third-order valence-electron chi connectivity index (χ3n) is 4.29. The molecule has 1 aromatic heterocycles. The summed E-state index contributed by atoms with van der Waals surface area (Å²) in [6, 6.07) is 8.94. The van der Waals surface area contributed by atoms with Gasteiger partial charge in [-0.1, -0.05) is 12.1 Å². The van der Waals surface area contributed by atoms with Gasteiger partial charge in [-0.2, -0.15) is 0 Å². The topological polar surface area (TPSA) is 103 Å². The van der Waals surface area contributed by atoms with Gasteiger partial charge in [-0.25, -0.2) is 0 Å². The van der Waals surface area contributed by atoms with Crippen molar-refractivity contribution in [3.05, 3.63) is 54.0 Å². The van der Waals surface area contributed by atoms with Crippen molar-refractivity contribution in [1.82, 2.24) is 10.2 Å². The average Bonchev–Trinajstić information content (AvgIpc) is 3.30. The zero-order valence-electron chi connectivity index (χ0n) is 13.6. The zero-order valence-corrected chi connectivity index (χ0v) is 13.6. The summed E-state index contributed by atoms with van der Waals surface area (Å²) in [5.74, 6) is -0.435. The van der Waals surface area contributed by atoms with Crippen molar-refractivity contribution >= 4 is 11.8 Å². The number of rotatable bonds is 5. The Balaban J connectivity index is 1.64. The van der Waals surface area contributed by atoms with E-state index in [9.17, 15) is 19.8 Å². The van der Waals surface area contributed by atoms with Crippen LogP contribution < -0.4 is 5.32 Å². The number of carbonyl (C=O) groups excluding carboxylic acids is 2. The van der Waals surface area contributed by atoms with Crippen LogP contribution in [0, 0.1) is 0 Å². The summed E-state index contributed by atoms with van der Waals surface area (Å²) >= 11 is 0. The van der Waals surface area contributed by atoms with Crippen molar-refractivity contribution in [1.29, 1.82) is 0 Å². The van der Waals surface area contributed by atoms with Crippen LogP contribution in [-0.4, -0.2) is 46.1 Å². The smallest absolute Gasteiger partial charge is 0.258 e. The van der Waals surface area contributed by atoms with Gasteiger partial charge in [0, 0.05) is 6.54 Å². The highest BCUT2D eigenvalue weighted by Crippen LogP contribution is 2.24. The highest BCUT2D eigenvalue weighted by molar-refractivity contribution is 5.99. The van der Waals surface area contributed by atoms with Crippen LogP contribution in [0.5, 0.6) is 5.75 Å². The van der Waals surface area contributed by atoms with E-state index in [1.165, 1.54) is 23.3 Å². The largest absolute Gasteiger partial charge is 0.507 e. The van der Waals surface area contributed by atoms with E-state index >= 15 is 0 Å². The van der Waals surface area contributed by atoms with E-state index in [-0.39, 0.29) is 29.7 Å². The standard InChI is InChI=1S/C18H20N2O5/c21-14-7-2-1-5-12(14)18(24)20-9-3-6-13(20)17(23)19-11-15(22)16-8-4-10-25-16/h1-2,4-5,7-8,10,13,15,21-22H,3,6,9,11H2,(H,19,23). The quantitative estimate of drug-likeness (QED) is 0.761. The molecule has 0 spiro atoms. The van der Waals surface area contributed by atoms with Gasteiger partial charge in [-0.05, 0) is 37.1 Å². The van der Waals surface area contributed by atoms with Crippen molar-refractivity contribution in [2.24, 2.45) is 0 Å². The number of likely N-dealkylation sites (tertiary alicyclic amines) is 1. The van der Waals surface area contributed by atoms with Crippen molar-refractivity contribution in [3.63, 3.8) is 0 Å². The summed E-state index contributed by atoms with van der Waals surface area (Å²) in [7, 11) is 0. The first-order valence-electron chi connectivity index (χ1n) is 8.16. The molecule has 3 N–H and O–H groups in total. The fourth-order valence-electron chi connectivity index (χ4n) is 2.99. The summed E-state index contributed by atoms with van der Waals surface area (Å²) in [5.41, 5.74) is 0.179. The summed E-state index contributed by atoms with van der Waals surface area (Å²) in [6.45, 7) is 0.452. The number of nitrogens with one attached hydrogen (secondary N) is 1. The van der Waals surface area contributed by atoms with Crippen molar-refractivity contribution in [3.8, 4) is 5.75 Å². The number of furan rings is 1. The van der Waals surface area contributed by atoms with Gasteiger partial charge in [-0.15, -0.1) is 0 Å². The monoisotopic (exact) mass is 344 g/mol. The maximum atomic E-state index is 12.6. The number of hydrogen-bond acceptors (Lipinski definition) is 5. The number of aliphatic hydroxyl groups is 1. The van der Waals surface area contributed by atoms with Gasteiger partial charge < -0.3 is 24.8 Å². The SMILES string of the molecule is O=C(NCC(O)c1ccco1)C1CCCN1C(=O)c1ccccc1O. The highest BCUT2D eigenvalue weighted by atomic mass is 16.4. The number of phenolic OH excluding ortho intramolecular Hbond substituents is 1. The number of hydrogen-bond donors (Lipinski definition) is 3. The van der Waals surface area contributed by atoms with E-state index in [1.807, 2.05) is 0 Å². The molecule has 3 rings (SSSR count). The Morgan fingerprint density at radius 2 is 2.08 bits per heavy atom. The van der Waals surface area contributed by atoms with Crippen LogP contribution in [0.4, 0.5) is 0 Å². The molecule has 1 aromatic carbocycles. The summed E-state index contributed by atoms with van der Waals surface area (Å²) in [4.78, 5) is 26.5. The van der Waals surface area contributed by atoms with Gasteiger partial charge in [0.25, 0.3) is 5.91 Å². The molecule has 1 aliphatic rings. The minimum Gasteiger partial charge on any atom is -0.507 e. The summed E-state index contributed by atoms with van der Waals surface area (Å²) < 4.78 is 5.09. The Hall–Kier alpha value is -2.80. The molecule has 2 amide bonds. The molecule has 1 aliphatic heterocycles. The molecule has 7 heteroatoms. The van der Waals surface area contributed by atoms with Crippen molar-refractivity contribution in [2.45, 2.75) is 25.0 Å². The summed E-state index contributed by atoms with van der Waals surface area (Å²) in [5, 5.41) is 22.5. The van der Waals surface area contributed by atoms with Crippen LogP contribution in [-0.2, 0) is 4.79 Å². The number of nitrogens with zero attached hydrogens (tertiary/aromatic N) is 1. The first kappa shape index (κ1) is 17.0. The van der Waals surface area contributed by atoms with Crippen LogP contribution in [0.2, 0.25) is 0 Å². The number of amides is 2. The van der Waals surface area contributed by atoms with Crippen molar-refractivity contribution in [2.75, 3.05) is 13.1 Å². The third-order valence-corrected chi connectivity index (χ3v) is 4.29. The molecule has 132 valence electrons. The second-order valence-corrected chi connectivity index (χ2v) is 5.95. The fourth-order valence-corrected chi connectivity index (χ4v) is 2.99. The maximum absolute atomic E-state index is 12.6. The molecule has 0 aliphatic carbocycles. The molecule has 2 atom stereocenters. The molecule has 0 bridgehead atoms. The average molecular weight is 344 g/mol. The molecule has 1 fully saturated rings. The van der Waals surface area contributed by atoms with Crippen LogP contribution in [0.1, 0.15) is 35.1 Å². The van der Waals surface area contributed by atoms with E-state index in [4.69, 9.17) is 4.42 Å². The normalized spacial score (nSPS) is 18.1. The number of benzene rings is 1. The fraction of sp³-hybridized carbons (Fsp3) is 0.333. The molecule has 0 saturated carbocycles. The molecule has 7 nitrogen and oxygen atoms in total. The Bertz CT molecular complexity index is 744. The van der Waals surface area contributed by atoms with E-state index in [0.717, 1.165) is 0 Å². The van der Waals surface area contributed by atoms with Gasteiger partial charge in [0.2, 0.25) is 5.91 Å². The van der Waals surface area contributed by atoms with E-state index < -0.39 is 12.1 Å². The molecule has 1 saturated heterocycles. The predicted octanol–water partition coefficient (Wildman–Crippen LogP) is 1.44. The lowest BCUT2D eigenvalue weighted by atomic mass is 10.1. The first-order chi connectivity index (χ1) is 12.1. The minimum atomic E-state index is -0.942. The number of phenols is 1. The van der Waals surface area contributed by atoms with Gasteiger partial charge in [0.1, 0.15) is 23.7 Å². The molecule has 0 radical (unpaired) electrons. The molecule has 2 unspecified atom stereocenters. The zero-order chi connectivity index (χ0) is 17.8. The maximum Gasteiger partial charge on any atom is 0.258 e. The number of aliphatic hydroxyl groups excluding tert-OH is 1. The number of aromatic hydroxyl groups is 1. The first-order valence-corrected chi connectivity index (χ1v) is 8.16. The van der Waals surface area contributed by atoms with Crippen LogP contribution in [0.25, 0.3) is 0 Å². The molecular formula is C18H20N2O5. The second-order valence-electron chi connectivity index (χ2n) is 5.95.